The monoisotopic (exact) mass is 209 g/mol. The topological polar surface area (TPSA) is 39.1 Å². The van der Waals surface area contributed by atoms with Crippen molar-refractivity contribution in [2.45, 2.75) is 39.0 Å². The maximum absolute atomic E-state index is 5.51. The van der Waals surface area contributed by atoms with E-state index in [1.54, 1.807) is 0 Å². The number of hydrogen-bond donors (Lipinski definition) is 1. The number of ether oxygens (including phenoxy) is 1. The summed E-state index contributed by atoms with van der Waals surface area (Å²) in [7, 11) is 1.96. The molecule has 2 unspecified atom stereocenters. The minimum absolute atomic E-state index is 0.335. The number of nitrogens with zero attached hydrogens (tertiary/aromatic N) is 2. The second kappa shape index (κ2) is 4.33. The van der Waals surface area contributed by atoms with Gasteiger partial charge >= 0.3 is 0 Å². The van der Waals surface area contributed by atoms with Gasteiger partial charge < -0.3 is 10.1 Å². The second-order valence-corrected chi connectivity index (χ2v) is 4.27. The van der Waals surface area contributed by atoms with E-state index in [4.69, 9.17) is 4.74 Å². The van der Waals surface area contributed by atoms with Gasteiger partial charge in [-0.05, 0) is 20.3 Å². The van der Waals surface area contributed by atoms with E-state index in [0.29, 0.717) is 12.1 Å². The van der Waals surface area contributed by atoms with Gasteiger partial charge in [0.05, 0.1) is 11.8 Å². The molecule has 84 valence electrons. The largest absolute Gasteiger partial charge is 0.377 e. The van der Waals surface area contributed by atoms with E-state index < -0.39 is 0 Å². The zero-order chi connectivity index (χ0) is 10.8. The lowest BCUT2D eigenvalue weighted by Gasteiger charge is -2.15. The Morgan fingerprint density at radius 1 is 1.67 bits per heavy atom. The number of aromatic nitrogens is 2. The van der Waals surface area contributed by atoms with Crippen LogP contribution in [0.1, 0.15) is 24.6 Å². The molecule has 1 aromatic heterocycles. The molecule has 0 amide bonds. The fraction of sp³-hybridized carbons (Fsp3) is 0.727. The lowest BCUT2D eigenvalue weighted by atomic mass is 10.1. The van der Waals surface area contributed by atoms with Gasteiger partial charge in [0.25, 0.3) is 0 Å². The summed E-state index contributed by atoms with van der Waals surface area (Å²) in [5.41, 5.74) is 2.38. The number of hydrogen-bond acceptors (Lipinski definition) is 3. The maximum atomic E-state index is 5.51. The first-order valence-corrected chi connectivity index (χ1v) is 5.51. The van der Waals surface area contributed by atoms with E-state index >= 15 is 0 Å². The molecule has 2 atom stereocenters. The molecule has 0 aliphatic carbocycles. The van der Waals surface area contributed by atoms with Crippen molar-refractivity contribution in [3.05, 3.63) is 17.5 Å². The summed E-state index contributed by atoms with van der Waals surface area (Å²) in [5, 5.41) is 7.84. The molecule has 4 heteroatoms. The van der Waals surface area contributed by atoms with Gasteiger partial charge in [-0.25, -0.2) is 0 Å². The standard InChI is InChI=1S/C11H19N3O/c1-8-10(7-14(3)13-8)6-12-11-4-5-15-9(11)2/h7,9,11-12H,4-6H2,1-3H3. The zero-order valence-electron chi connectivity index (χ0n) is 9.66. The van der Waals surface area contributed by atoms with E-state index in [-0.39, 0.29) is 0 Å². The lowest BCUT2D eigenvalue weighted by molar-refractivity contribution is 0.113. The van der Waals surface area contributed by atoms with Gasteiger partial charge in [-0.15, -0.1) is 0 Å². The van der Waals surface area contributed by atoms with Crippen molar-refractivity contribution >= 4 is 0 Å². The summed E-state index contributed by atoms with van der Waals surface area (Å²) >= 11 is 0. The van der Waals surface area contributed by atoms with Crippen LogP contribution in [0.15, 0.2) is 6.20 Å². The Bertz CT molecular complexity index is 335. The molecule has 1 N–H and O–H groups in total. The molecule has 1 aromatic rings. The maximum Gasteiger partial charge on any atom is 0.0700 e. The normalized spacial score (nSPS) is 26.1. The predicted octanol–water partition coefficient (Wildman–Crippen LogP) is 0.996. The molecular weight excluding hydrogens is 190 g/mol. The molecule has 0 radical (unpaired) electrons. The highest BCUT2D eigenvalue weighted by Crippen LogP contribution is 2.14. The van der Waals surface area contributed by atoms with Crippen LogP contribution in [0.4, 0.5) is 0 Å². The van der Waals surface area contributed by atoms with E-state index in [2.05, 4.69) is 23.5 Å². The van der Waals surface area contributed by atoms with Crippen LogP contribution in [0.2, 0.25) is 0 Å². The first-order chi connectivity index (χ1) is 7.16. The minimum atomic E-state index is 0.335. The zero-order valence-corrected chi connectivity index (χ0v) is 9.66. The molecule has 2 heterocycles. The molecule has 2 rings (SSSR count). The van der Waals surface area contributed by atoms with Crippen molar-refractivity contribution in [2.75, 3.05) is 6.61 Å². The van der Waals surface area contributed by atoms with Crippen molar-refractivity contribution in [1.29, 1.82) is 0 Å². The van der Waals surface area contributed by atoms with Crippen LogP contribution in [0.5, 0.6) is 0 Å². The average molecular weight is 209 g/mol. The summed E-state index contributed by atoms with van der Waals surface area (Å²) in [6, 6.07) is 0.490. The smallest absolute Gasteiger partial charge is 0.0700 e. The van der Waals surface area contributed by atoms with Crippen molar-refractivity contribution in [3.63, 3.8) is 0 Å². The highest BCUT2D eigenvalue weighted by atomic mass is 16.5. The summed E-state index contributed by atoms with van der Waals surface area (Å²) < 4.78 is 7.37. The highest BCUT2D eigenvalue weighted by molar-refractivity contribution is 5.15. The Morgan fingerprint density at radius 3 is 3.00 bits per heavy atom. The first kappa shape index (κ1) is 10.6. The summed E-state index contributed by atoms with van der Waals surface area (Å²) in [6.45, 7) is 5.94. The van der Waals surface area contributed by atoms with Crippen molar-refractivity contribution in [3.8, 4) is 0 Å². The Labute approximate surface area is 90.6 Å². The van der Waals surface area contributed by atoms with Gasteiger partial charge in [-0.1, -0.05) is 0 Å². The SMILES string of the molecule is Cc1nn(C)cc1CNC1CCOC1C. The van der Waals surface area contributed by atoms with Gasteiger partial charge in [0.1, 0.15) is 0 Å². The lowest BCUT2D eigenvalue weighted by Crippen LogP contribution is -2.34. The third kappa shape index (κ3) is 2.38. The van der Waals surface area contributed by atoms with Gasteiger partial charge in [-0.3, -0.25) is 4.68 Å². The molecule has 4 nitrogen and oxygen atoms in total. The quantitative estimate of drug-likeness (QED) is 0.807. The molecule has 1 fully saturated rings. The molecule has 0 bridgehead atoms. The van der Waals surface area contributed by atoms with Gasteiger partial charge in [-0.2, -0.15) is 5.10 Å². The average Bonchev–Trinajstić information content (AvgIpc) is 2.70. The third-order valence-electron chi connectivity index (χ3n) is 3.05. The van der Waals surface area contributed by atoms with Crippen LogP contribution in [0.3, 0.4) is 0 Å². The van der Waals surface area contributed by atoms with Crippen LogP contribution in [0, 0.1) is 6.92 Å². The Morgan fingerprint density at radius 2 is 2.47 bits per heavy atom. The van der Waals surface area contributed by atoms with Crippen LogP contribution < -0.4 is 5.32 Å². The Balaban J connectivity index is 1.90. The van der Waals surface area contributed by atoms with Crippen LogP contribution in [0.25, 0.3) is 0 Å². The summed E-state index contributed by atoms with van der Waals surface area (Å²) in [4.78, 5) is 0. The minimum Gasteiger partial charge on any atom is -0.377 e. The summed E-state index contributed by atoms with van der Waals surface area (Å²) in [6.07, 6.45) is 3.52. The first-order valence-electron chi connectivity index (χ1n) is 5.51. The molecule has 1 aliphatic rings. The molecule has 0 saturated carbocycles. The van der Waals surface area contributed by atoms with Crippen LogP contribution in [-0.4, -0.2) is 28.5 Å². The molecule has 0 spiro atoms. The van der Waals surface area contributed by atoms with Crippen molar-refractivity contribution in [2.24, 2.45) is 7.05 Å². The number of nitrogens with one attached hydrogen (secondary N) is 1. The van der Waals surface area contributed by atoms with Crippen molar-refractivity contribution in [1.82, 2.24) is 15.1 Å². The van der Waals surface area contributed by atoms with E-state index in [0.717, 1.165) is 25.3 Å². The van der Waals surface area contributed by atoms with Gasteiger partial charge in [0, 0.05) is 38.0 Å². The van der Waals surface area contributed by atoms with Gasteiger partial charge in [0.15, 0.2) is 0 Å². The number of rotatable bonds is 3. The van der Waals surface area contributed by atoms with E-state index in [1.165, 1.54) is 5.56 Å². The fourth-order valence-corrected chi connectivity index (χ4v) is 2.06. The molecule has 1 saturated heterocycles. The second-order valence-electron chi connectivity index (χ2n) is 4.27. The Kier molecular flexibility index (Phi) is 3.07. The predicted molar refractivity (Wildman–Crippen MR) is 58.6 cm³/mol. The third-order valence-corrected chi connectivity index (χ3v) is 3.05. The van der Waals surface area contributed by atoms with Crippen LogP contribution >= 0.6 is 0 Å². The van der Waals surface area contributed by atoms with Crippen LogP contribution in [-0.2, 0) is 18.3 Å². The number of aryl methyl sites for hydroxylation is 2. The molecule has 1 aliphatic heterocycles. The Hall–Kier alpha value is -0.870. The van der Waals surface area contributed by atoms with E-state index in [1.807, 2.05) is 18.7 Å². The fourth-order valence-electron chi connectivity index (χ4n) is 2.06. The molecule has 15 heavy (non-hydrogen) atoms. The molecule has 0 aromatic carbocycles. The molecular formula is C11H19N3O. The van der Waals surface area contributed by atoms with Crippen molar-refractivity contribution < 1.29 is 4.74 Å². The van der Waals surface area contributed by atoms with E-state index in [9.17, 15) is 0 Å². The highest BCUT2D eigenvalue weighted by Gasteiger charge is 2.23. The van der Waals surface area contributed by atoms with Gasteiger partial charge in [0.2, 0.25) is 0 Å². The summed E-state index contributed by atoms with van der Waals surface area (Å²) in [5.74, 6) is 0.